The lowest BCUT2D eigenvalue weighted by atomic mass is 10.4. The number of hydrogen-bond donors (Lipinski definition) is 1. The predicted molar refractivity (Wildman–Crippen MR) is 52.1 cm³/mol. The molecule has 0 aromatic heterocycles. The van der Waals surface area contributed by atoms with Gasteiger partial charge in [-0.05, 0) is 12.1 Å². The quantitative estimate of drug-likeness (QED) is 0.591. The highest BCUT2D eigenvalue weighted by Gasteiger charge is 2.20. The molecule has 0 bridgehead atoms. The molecule has 13 heavy (non-hydrogen) atoms. The van der Waals surface area contributed by atoms with Gasteiger partial charge in [-0.15, -0.1) is 6.58 Å². The number of rotatable bonds is 4. The van der Waals surface area contributed by atoms with Gasteiger partial charge < -0.3 is 9.42 Å². The van der Waals surface area contributed by atoms with Crippen molar-refractivity contribution in [2.24, 2.45) is 0 Å². The normalized spacial score (nSPS) is 14.8. The van der Waals surface area contributed by atoms with Gasteiger partial charge in [0.05, 0.1) is 11.9 Å². The van der Waals surface area contributed by atoms with Crippen LogP contribution in [0.25, 0.3) is 0 Å². The van der Waals surface area contributed by atoms with Crippen LogP contribution >= 0.6 is 7.60 Å². The van der Waals surface area contributed by atoms with Gasteiger partial charge in [-0.1, -0.05) is 24.3 Å². The Morgan fingerprint density at radius 2 is 2.08 bits per heavy atom. The first-order chi connectivity index (χ1) is 6.17. The predicted octanol–water partition coefficient (Wildman–Crippen LogP) is 1.70. The summed E-state index contributed by atoms with van der Waals surface area (Å²) in [6, 6.07) is 8.27. The Kier molecular flexibility index (Phi) is 3.43. The van der Waals surface area contributed by atoms with Gasteiger partial charge in [0.2, 0.25) is 0 Å². The summed E-state index contributed by atoms with van der Waals surface area (Å²) >= 11 is 0. The van der Waals surface area contributed by atoms with E-state index in [1.165, 1.54) is 6.08 Å². The molecule has 0 heterocycles. The third kappa shape index (κ3) is 2.81. The Bertz CT molecular complexity index is 321. The van der Waals surface area contributed by atoms with Crippen LogP contribution in [0.1, 0.15) is 0 Å². The van der Waals surface area contributed by atoms with Gasteiger partial charge in [0.1, 0.15) is 0 Å². The Balaban J connectivity index is 2.81. The van der Waals surface area contributed by atoms with Gasteiger partial charge in [-0.3, -0.25) is 4.57 Å². The molecule has 1 aromatic rings. The first kappa shape index (κ1) is 10.2. The molecule has 0 aliphatic heterocycles. The maximum atomic E-state index is 11.5. The summed E-state index contributed by atoms with van der Waals surface area (Å²) in [5.41, 5.74) is 0. The van der Waals surface area contributed by atoms with E-state index in [-0.39, 0.29) is 6.61 Å². The van der Waals surface area contributed by atoms with Gasteiger partial charge in [0, 0.05) is 0 Å². The second kappa shape index (κ2) is 4.38. The van der Waals surface area contributed by atoms with E-state index in [4.69, 9.17) is 4.52 Å². The zero-order valence-electron chi connectivity index (χ0n) is 7.09. The zero-order chi connectivity index (χ0) is 9.73. The van der Waals surface area contributed by atoms with Gasteiger partial charge in [-0.2, -0.15) is 0 Å². The lowest BCUT2D eigenvalue weighted by molar-refractivity contribution is 0.298. The van der Waals surface area contributed by atoms with Crippen LogP contribution in [0.3, 0.4) is 0 Å². The van der Waals surface area contributed by atoms with E-state index < -0.39 is 7.60 Å². The largest absolute Gasteiger partial charge is 0.359 e. The van der Waals surface area contributed by atoms with Crippen molar-refractivity contribution in [3.8, 4) is 0 Å². The van der Waals surface area contributed by atoms with Crippen molar-refractivity contribution in [1.82, 2.24) is 0 Å². The summed E-state index contributed by atoms with van der Waals surface area (Å²) in [5, 5.41) is 0.303. The zero-order valence-corrected chi connectivity index (χ0v) is 7.98. The molecular formula is C9H11O3P. The lowest BCUT2D eigenvalue weighted by Crippen LogP contribution is -2.06. The van der Waals surface area contributed by atoms with E-state index in [2.05, 4.69) is 6.58 Å². The van der Waals surface area contributed by atoms with E-state index >= 15 is 0 Å². The van der Waals surface area contributed by atoms with Crippen LogP contribution in [-0.4, -0.2) is 11.5 Å². The fourth-order valence-corrected chi connectivity index (χ4v) is 1.85. The van der Waals surface area contributed by atoms with Crippen LogP contribution in [0.4, 0.5) is 0 Å². The minimum absolute atomic E-state index is 0.0721. The van der Waals surface area contributed by atoms with Gasteiger partial charge in [-0.25, -0.2) is 0 Å². The number of hydrogen-bond acceptors (Lipinski definition) is 2. The van der Waals surface area contributed by atoms with Crippen LogP contribution < -0.4 is 5.30 Å². The molecule has 0 amide bonds. The molecule has 0 spiro atoms. The van der Waals surface area contributed by atoms with E-state index in [1.807, 2.05) is 0 Å². The van der Waals surface area contributed by atoms with E-state index in [0.717, 1.165) is 0 Å². The third-order valence-corrected chi connectivity index (χ3v) is 2.90. The summed E-state index contributed by atoms with van der Waals surface area (Å²) in [4.78, 5) is 9.40. The Morgan fingerprint density at radius 1 is 1.46 bits per heavy atom. The first-order valence-corrected chi connectivity index (χ1v) is 5.38. The third-order valence-electron chi connectivity index (χ3n) is 1.45. The lowest BCUT2D eigenvalue weighted by Gasteiger charge is -2.09. The fourth-order valence-electron chi connectivity index (χ4n) is 0.845. The van der Waals surface area contributed by atoms with Gasteiger partial charge in [0.25, 0.3) is 0 Å². The minimum Gasteiger partial charge on any atom is -0.321 e. The molecule has 0 aliphatic carbocycles. The molecule has 4 heteroatoms. The average molecular weight is 198 g/mol. The van der Waals surface area contributed by atoms with Crippen molar-refractivity contribution in [2.45, 2.75) is 0 Å². The minimum atomic E-state index is -3.63. The van der Waals surface area contributed by atoms with E-state index in [0.29, 0.717) is 5.30 Å². The summed E-state index contributed by atoms with van der Waals surface area (Å²) < 4.78 is 16.2. The Morgan fingerprint density at radius 3 is 2.62 bits per heavy atom. The smallest absolute Gasteiger partial charge is 0.321 e. The summed E-state index contributed by atoms with van der Waals surface area (Å²) in [7, 11) is -3.63. The Hall–Kier alpha value is -0.890. The molecule has 3 nitrogen and oxygen atoms in total. The van der Waals surface area contributed by atoms with Crippen molar-refractivity contribution < 1.29 is 14.0 Å². The molecule has 1 N–H and O–H groups in total. The summed E-state index contributed by atoms with van der Waals surface area (Å²) in [6.45, 7) is 3.47. The highest BCUT2D eigenvalue weighted by Crippen LogP contribution is 2.40. The van der Waals surface area contributed by atoms with E-state index in [1.54, 1.807) is 30.3 Å². The molecule has 0 fully saturated rings. The molecule has 0 saturated carbocycles. The first-order valence-electron chi connectivity index (χ1n) is 3.80. The molecule has 0 saturated heterocycles. The van der Waals surface area contributed by atoms with Crippen LogP contribution in [-0.2, 0) is 9.09 Å². The van der Waals surface area contributed by atoms with Crippen LogP contribution in [0.5, 0.6) is 0 Å². The molecule has 1 atom stereocenters. The molecule has 1 unspecified atom stereocenters. The van der Waals surface area contributed by atoms with Gasteiger partial charge in [0.15, 0.2) is 0 Å². The molecule has 0 aliphatic rings. The highest BCUT2D eigenvalue weighted by atomic mass is 31.2. The average Bonchev–Trinajstić information content (AvgIpc) is 2.16. The summed E-state index contributed by atoms with van der Waals surface area (Å²) in [5.74, 6) is 0. The van der Waals surface area contributed by atoms with Crippen LogP contribution in [0.2, 0.25) is 0 Å². The van der Waals surface area contributed by atoms with Crippen LogP contribution in [0, 0.1) is 0 Å². The van der Waals surface area contributed by atoms with Gasteiger partial charge >= 0.3 is 7.60 Å². The molecular weight excluding hydrogens is 187 g/mol. The second-order valence-corrected chi connectivity index (χ2v) is 4.26. The number of benzene rings is 1. The summed E-state index contributed by atoms with van der Waals surface area (Å²) in [6.07, 6.45) is 1.44. The molecule has 0 radical (unpaired) electrons. The van der Waals surface area contributed by atoms with Crippen molar-refractivity contribution >= 4 is 12.9 Å². The van der Waals surface area contributed by atoms with Crippen molar-refractivity contribution in [3.05, 3.63) is 43.0 Å². The van der Waals surface area contributed by atoms with Crippen molar-refractivity contribution in [1.29, 1.82) is 0 Å². The Labute approximate surface area is 77.2 Å². The molecule has 70 valence electrons. The van der Waals surface area contributed by atoms with Crippen molar-refractivity contribution in [3.63, 3.8) is 0 Å². The fraction of sp³-hybridized carbons (Fsp3) is 0.111. The molecule has 1 aromatic carbocycles. The van der Waals surface area contributed by atoms with E-state index in [9.17, 15) is 9.46 Å². The second-order valence-electron chi connectivity index (χ2n) is 2.44. The van der Waals surface area contributed by atoms with Crippen LogP contribution in [0.15, 0.2) is 43.0 Å². The van der Waals surface area contributed by atoms with Crippen molar-refractivity contribution in [2.75, 3.05) is 6.61 Å². The monoisotopic (exact) mass is 198 g/mol. The standard InChI is InChI=1S/C9H11O3P/c1-2-8-12-13(10,11)9-6-4-3-5-7-9/h2-7H,1,8H2,(H,10,11). The maximum Gasteiger partial charge on any atom is 0.359 e. The SMILES string of the molecule is C=CCOP(=O)(O)c1ccccc1. The molecule has 1 rings (SSSR count). The maximum absolute atomic E-state index is 11.5. The topological polar surface area (TPSA) is 46.5 Å². The highest BCUT2D eigenvalue weighted by molar-refractivity contribution is 7.61.